The van der Waals surface area contributed by atoms with Crippen LogP contribution in [0.1, 0.15) is 62.8 Å². The second-order valence-electron chi connectivity index (χ2n) is 6.12. The number of hydrogen-bond donors (Lipinski definition) is 0. The molecule has 0 heterocycles. The largest absolute Gasteiger partial charge is 0.0955 e. The first-order valence-corrected chi connectivity index (χ1v) is 8.46. The van der Waals surface area contributed by atoms with Crippen molar-refractivity contribution < 1.29 is 0 Å². The molecule has 0 saturated heterocycles. The zero-order valence-electron chi connectivity index (χ0n) is 15.3. The van der Waals surface area contributed by atoms with Crippen LogP contribution in [0.2, 0.25) is 0 Å². The lowest BCUT2D eigenvalue weighted by molar-refractivity contribution is 0.865. The normalized spacial score (nSPS) is 10.5. The molecule has 0 radical (unpaired) electrons. The van der Waals surface area contributed by atoms with Crippen LogP contribution >= 0.6 is 0 Å². The van der Waals surface area contributed by atoms with Crippen LogP contribution in [0, 0.1) is 0 Å². The quantitative estimate of drug-likeness (QED) is 0.564. The molecule has 2 aromatic carbocycles. The van der Waals surface area contributed by atoms with Gasteiger partial charge in [0.15, 0.2) is 0 Å². The average molecular weight is 306 g/mol. The third-order valence-electron chi connectivity index (χ3n) is 3.82. The van der Waals surface area contributed by atoms with Gasteiger partial charge in [-0.3, -0.25) is 0 Å². The van der Waals surface area contributed by atoms with Gasteiger partial charge >= 0.3 is 0 Å². The van der Waals surface area contributed by atoms with E-state index < -0.39 is 0 Å². The van der Waals surface area contributed by atoms with Crippen molar-refractivity contribution in [2.24, 2.45) is 0 Å². The Kier molecular flexibility index (Phi) is 8.11. The minimum absolute atomic E-state index is 0.654. The van der Waals surface area contributed by atoms with Crippen molar-refractivity contribution >= 4 is 11.6 Å². The van der Waals surface area contributed by atoms with Gasteiger partial charge in [-0.15, -0.1) is 0 Å². The van der Waals surface area contributed by atoms with Gasteiger partial charge in [-0.2, -0.15) is 0 Å². The summed E-state index contributed by atoms with van der Waals surface area (Å²) in [6.45, 7) is 14.6. The third-order valence-corrected chi connectivity index (χ3v) is 3.82. The van der Waals surface area contributed by atoms with E-state index in [2.05, 4.69) is 69.8 Å². The fourth-order valence-corrected chi connectivity index (χ4v) is 2.35. The lowest BCUT2D eigenvalue weighted by atomic mass is 10.0. The van der Waals surface area contributed by atoms with Crippen LogP contribution in [0.3, 0.4) is 0 Å². The van der Waals surface area contributed by atoms with Crippen molar-refractivity contribution in [1.82, 2.24) is 0 Å². The lowest BCUT2D eigenvalue weighted by Crippen LogP contribution is -1.87. The zero-order valence-corrected chi connectivity index (χ0v) is 15.3. The Labute approximate surface area is 142 Å². The van der Waals surface area contributed by atoms with Crippen LogP contribution < -0.4 is 0 Å². The lowest BCUT2D eigenvalue weighted by Gasteiger charge is -2.04. The second-order valence-corrected chi connectivity index (χ2v) is 6.12. The molecule has 0 nitrogen and oxygen atoms in total. The van der Waals surface area contributed by atoms with E-state index >= 15 is 0 Å². The molecular weight excluding hydrogens is 276 g/mol. The first kappa shape index (κ1) is 19.0. The van der Waals surface area contributed by atoms with Gasteiger partial charge in [0.05, 0.1) is 0 Å². The topological polar surface area (TPSA) is 0 Å². The third kappa shape index (κ3) is 6.28. The average Bonchev–Trinajstić information content (AvgIpc) is 2.56. The predicted octanol–water partition coefficient (Wildman–Crippen LogP) is 7.13. The van der Waals surface area contributed by atoms with Gasteiger partial charge in [0, 0.05) is 0 Å². The Morgan fingerprint density at radius 1 is 1.04 bits per heavy atom. The number of allylic oxidation sites excluding steroid dienone is 2. The molecule has 122 valence electrons. The minimum atomic E-state index is 0.654. The van der Waals surface area contributed by atoms with E-state index in [1.165, 1.54) is 22.3 Å². The SMILES string of the molecule is C=C(C)c1ccccc1/C=C\C.CCc1ccc(C(C)C)cc1. The van der Waals surface area contributed by atoms with Gasteiger partial charge in [0.2, 0.25) is 0 Å². The van der Waals surface area contributed by atoms with Gasteiger partial charge in [-0.25, -0.2) is 0 Å². The molecule has 0 amide bonds. The molecule has 0 bridgehead atoms. The highest BCUT2D eigenvalue weighted by atomic mass is 14.0. The molecule has 0 saturated carbocycles. The Morgan fingerprint density at radius 3 is 2.13 bits per heavy atom. The van der Waals surface area contributed by atoms with E-state index in [0.29, 0.717) is 5.92 Å². The Bertz CT molecular complexity index is 627. The monoisotopic (exact) mass is 306 g/mol. The molecule has 0 unspecified atom stereocenters. The molecule has 0 aliphatic rings. The Morgan fingerprint density at radius 2 is 1.65 bits per heavy atom. The summed E-state index contributed by atoms with van der Waals surface area (Å²) in [5, 5.41) is 0. The Balaban J connectivity index is 0.000000231. The summed E-state index contributed by atoms with van der Waals surface area (Å²) in [6, 6.07) is 17.2. The highest BCUT2D eigenvalue weighted by Gasteiger charge is 1.97. The van der Waals surface area contributed by atoms with Crippen LogP contribution in [0.5, 0.6) is 0 Å². The van der Waals surface area contributed by atoms with E-state index in [1.807, 2.05) is 32.1 Å². The van der Waals surface area contributed by atoms with E-state index in [4.69, 9.17) is 0 Å². The molecule has 0 heteroatoms. The summed E-state index contributed by atoms with van der Waals surface area (Å²) in [5.41, 5.74) is 6.45. The summed E-state index contributed by atoms with van der Waals surface area (Å²) < 4.78 is 0. The highest BCUT2D eigenvalue weighted by Crippen LogP contribution is 2.18. The molecule has 2 aromatic rings. The van der Waals surface area contributed by atoms with E-state index in [0.717, 1.165) is 12.0 Å². The molecule has 0 fully saturated rings. The van der Waals surface area contributed by atoms with Crippen LogP contribution in [0.4, 0.5) is 0 Å². The van der Waals surface area contributed by atoms with Crippen molar-refractivity contribution in [2.75, 3.05) is 0 Å². The second kappa shape index (κ2) is 9.84. The zero-order chi connectivity index (χ0) is 17.2. The smallest absolute Gasteiger partial charge is 0.0161 e. The Hall–Kier alpha value is -2.08. The maximum absolute atomic E-state index is 3.93. The predicted molar refractivity (Wildman–Crippen MR) is 106 cm³/mol. The first-order valence-electron chi connectivity index (χ1n) is 8.46. The molecule has 0 aliphatic carbocycles. The van der Waals surface area contributed by atoms with Gasteiger partial charge < -0.3 is 0 Å². The molecule has 0 spiro atoms. The summed E-state index contributed by atoms with van der Waals surface area (Å²) in [7, 11) is 0. The number of hydrogen-bond acceptors (Lipinski definition) is 0. The van der Waals surface area contributed by atoms with E-state index in [-0.39, 0.29) is 0 Å². The maximum atomic E-state index is 3.93. The van der Waals surface area contributed by atoms with Crippen molar-refractivity contribution in [3.63, 3.8) is 0 Å². The standard InChI is InChI=1S/C12H14.C11H16/c1-4-7-11-8-5-6-9-12(11)10(2)3;1-4-10-5-7-11(8-6-10)9(2)3/h4-9H,2H2,1,3H3;5-9H,4H2,1-3H3/b7-4-;. The van der Waals surface area contributed by atoms with Crippen molar-refractivity contribution in [2.45, 2.75) is 47.0 Å². The summed E-state index contributed by atoms with van der Waals surface area (Å²) in [4.78, 5) is 0. The van der Waals surface area contributed by atoms with Gasteiger partial charge in [0.25, 0.3) is 0 Å². The highest BCUT2D eigenvalue weighted by molar-refractivity contribution is 5.71. The fourth-order valence-electron chi connectivity index (χ4n) is 2.35. The van der Waals surface area contributed by atoms with Gasteiger partial charge in [-0.1, -0.05) is 93.6 Å². The fraction of sp³-hybridized carbons (Fsp3) is 0.304. The maximum Gasteiger partial charge on any atom is -0.0161 e. The number of benzene rings is 2. The first-order chi connectivity index (χ1) is 11.0. The molecule has 0 aromatic heterocycles. The molecule has 0 aliphatic heterocycles. The van der Waals surface area contributed by atoms with Crippen molar-refractivity contribution in [3.8, 4) is 0 Å². The van der Waals surface area contributed by atoms with E-state index in [1.54, 1.807) is 0 Å². The van der Waals surface area contributed by atoms with E-state index in [9.17, 15) is 0 Å². The molecule has 0 N–H and O–H groups in total. The van der Waals surface area contributed by atoms with Crippen molar-refractivity contribution in [1.29, 1.82) is 0 Å². The van der Waals surface area contributed by atoms with Gasteiger partial charge in [-0.05, 0) is 48.4 Å². The molecular formula is C23H30. The molecule has 23 heavy (non-hydrogen) atoms. The molecule has 2 rings (SSSR count). The number of aryl methyl sites for hydroxylation is 1. The summed E-state index contributed by atoms with van der Waals surface area (Å²) >= 11 is 0. The van der Waals surface area contributed by atoms with Crippen molar-refractivity contribution in [3.05, 3.63) is 83.4 Å². The van der Waals surface area contributed by atoms with Gasteiger partial charge in [0.1, 0.15) is 0 Å². The van der Waals surface area contributed by atoms with Crippen LogP contribution in [-0.2, 0) is 6.42 Å². The summed E-state index contributed by atoms with van der Waals surface area (Å²) in [5.74, 6) is 0.654. The van der Waals surface area contributed by atoms with Crippen LogP contribution in [0.25, 0.3) is 11.6 Å². The van der Waals surface area contributed by atoms with Crippen LogP contribution in [0.15, 0.2) is 61.2 Å². The number of rotatable bonds is 4. The minimum Gasteiger partial charge on any atom is -0.0955 e. The summed E-state index contributed by atoms with van der Waals surface area (Å²) in [6.07, 6.45) is 5.28. The molecule has 0 atom stereocenters. The van der Waals surface area contributed by atoms with Crippen LogP contribution in [-0.4, -0.2) is 0 Å².